The van der Waals surface area contributed by atoms with Gasteiger partial charge in [-0.2, -0.15) is 5.10 Å². The summed E-state index contributed by atoms with van der Waals surface area (Å²) in [6, 6.07) is 5.38. The molecule has 0 saturated heterocycles. The summed E-state index contributed by atoms with van der Waals surface area (Å²) in [5, 5.41) is 3.86. The van der Waals surface area contributed by atoms with Crippen LogP contribution in [0.25, 0.3) is 0 Å². The maximum atomic E-state index is 12.2. The summed E-state index contributed by atoms with van der Waals surface area (Å²) in [5.74, 6) is 0. The molecule has 0 atom stereocenters. The summed E-state index contributed by atoms with van der Waals surface area (Å²) >= 11 is 0. The summed E-state index contributed by atoms with van der Waals surface area (Å²) in [5.41, 5.74) is 7.91. The summed E-state index contributed by atoms with van der Waals surface area (Å²) in [7, 11) is -1.97. The van der Waals surface area contributed by atoms with Crippen molar-refractivity contribution in [2.45, 2.75) is 18.4 Å². The van der Waals surface area contributed by atoms with Gasteiger partial charge in [0.2, 0.25) is 0 Å². The molecule has 1 aromatic carbocycles. The van der Waals surface area contributed by atoms with E-state index < -0.39 is 10.0 Å². The van der Waals surface area contributed by atoms with Crippen molar-refractivity contribution in [3.05, 3.63) is 41.7 Å². The standard InChI is InChI=1S/C12H16N4O2S/c1-9-4-3-5-12(11(9)6-13)15-19(17,18)10-7-14-16(2)8-10/h3-5,7-8,15H,6,13H2,1-2H3. The molecule has 2 rings (SSSR count). The second-order valence-electron chi connectivity index (χ2n) is 4.26. The zero-order chi connectivity index (χ0) is 14.0. The average Bonchev–Trinajstić information content (AvgIpc) is 2.76. The van der Waals surface area contributed by atoms with E-state index in [9.17, 15) is 8.42 Å². The van der Waals surface area contributed by atoms with Crippen molar-refractivity contribution in [3.8, 4) is 0 Å². The molecule has 0 unspecified atom stereocenters. The van der Waals surface area contributed by atoms with Crippen LogP contribution in [0, 0.1) is 6.92 Å². The number of sulfonamides is 1. The van der Waals surface area contributed by atoms with Crippen molar-refractivity contribution in [2.75, 3.05) is 4.72 Å². The quantitative estimate of drug-likeness (QED) is 0.873. The van der Waals surface area contributed by atoms with E-state index in [-0.39, 0.29) is 11.4 Å². The molecule has 3 N–H and O–H groups in total. The fraction of sp³-hybridized carbons (Fsp3) is 0.250. The van der Waals surface area contributed by atoms with Crippen LogP contribution in [0.2, 0.25) is 0 Å². The molecule has 0 aliphatic heterocycles. The Hall–Kier alpha value is -1.86. The zero-order valence-electron chi connectivity index (χ0n) is 10.8. The molecule has 0 saturated carbocycles. The molecular formula is C12H16N4O2S. The van der Waals surface area contributed by atoms with Gasteiger partial charge >= 0.3 is 0 Å². The van der Waals surface area contributed by atoms with Crippen LogP contribution >= 0.6 is 0 Å². The number of nitrogens with two attached hydrogens (primary N) is 1. The molecule has 7 heteroatoms. The Morgan fingerprint density at radius 3 is 2.74 bits per heavy atom. The Morgan fingerprint density at radius 1 is 1.42 bits per heavy atom. The third kappa shape index (κ3) is 2.77. The molecule has 0 aliphatic carbocycles. The van der Waals surface area contributed by atoms with E-state index in [1.54, 1.807) is 19.2 Å². The number of anilines is 1. The SMILES string of the molecule is Cc1cccc(NS(=O)(=O)c2cnn(C)c2)c1CN. The summed E-state index contributed by atoms with van der Waals surface area (Å²) < 4.78 is 28.4. The maximum Gasteiger partial charge on any atom is 0.265 e. The Bertz CT molecular complexity index is 692. The van der Waals surface area contributed by atoms with Crippen LogP contribution in [0.15, 0.2) is 35.5 Å². The molecule has 0 aliphatic rings. The van der Waals surface area contributed by atoms with Crippen LogP contribution in [0.5, 0.6) is 0 Å². The van der Waals surface area contributed by atoms with Crippen LogP contribution in [-0.2, 0) is 23.6 Å². The van der Waals surface area contributed by atoms with Crippen molar-refractivity contribution in [2.24, 2.45) is 12.8 Å². The number of hydrogen-bond acceptors (Lipinski definition) is 4. The van der Waals surface area contributed by atoms with Gasteiger partial charge < -0.3 is 5.73 Å². The highest BCUT2D eigenvalue weighted by Crippen LogP contribution is 2.22. The highest BCUT2D eigenvalue weighted by Gasteiger charge is 2.17. The molecule has 1 heterocycles. The zero-order valence-corrected chi connectivity index (χ0v) is 11.6. The molecule has 6 nitrogen and oxygen atoms in total. The van der Waals surface area contributed by atoms with Crippen LogP contribution in [0.1, 0.15) is 11.1 Å². The Labute approximate surface area is 112 Å². The van der Waals surface area contributed by atoms with Gasteiger partial charge in [0.15, 0.2) is 0 Å². The van der Waals surface area contributed by atoms with Crippen molar-refractivity contribution in [1.82, 2.24) is 9.78 Å². The summed E-state index contributed by atoms with van der Waals surface area (Å²) in [6.07, 6.45) is 2.75. The van der Waals surface area contributed by atoms with E-state index in [0.29, 0.717) is 5.69 Å². The number of hydrogen-bond donors (Lipinski definition) is 2. The summed E-state index contributed by atoms with van der Waals surface area (Å²) in [6.45, 7) is 2.17. The van der Waals surface area contributed by atoms with Crippen molar-refractivity contribution in [1.29, 1.82) is 0 Å². The van der Waals surface area contributed by atoms with Gasteiger partial charge in [0.1, 0.15) is 4.90 Å². The minimum Gasteiger partial charge on any atom is -0.326 e. The van der Waals surface area contributed by atoms with Gasteiger partial charge in [-0.3, -0.25) is 9.40 Å². The molecule has 102 valence electrons. The third-order valence-corrected chi connectivity index (χ3v) is 4.17. The van der Waals surface area contributed by atoms with Crippen LogP contribution < -0.4 is 10.5 Å². The number of rotatable bonds is 4. The fourth-order valence-corrected chi connectivity index (χ4v) is 2.89. The summed E-state index contributed by atoms with van der Waals surface area (Å²) in [4.78, 5) is 0.125. The van der Waals surface area contributed by atoms with E-state index in [0.717, 1.165) is 11.1 Å². The monoisotopic (exact) mass is 280 g/mol. The molecule has 0 spiro atoms. The molecular weight excluding hydrogens is 264 g/mol. The minimum atomic E-state index is -3.63. The Kier molecular flexibility index (Phi) is 3.59. The fourth-order valence-electron chi connectivity index (χ4n) is 1.81. The molecule has 2 aromatic rings. The number of aryl methyl sites for hydroxylation is 2. The highest BCUT2D eigenvalue weighted by molar-refractivity contribution is 7.92. The molecule has 0 amide bonds. The molecule has 0 fully saturated rings. The van der Waals surface area contributed by atoms with E-state index in [1.165, 1.54) is 17.1 Å². The first-order valence-electron chi connectivity index (χ1n) is 5.74. The molecule has 19 heavy (non-hydrogen) atoms. The predicted molar refractivity (Wildman–Crippen MR) is 73.1 cm³/mol. The Morgan fingerprint density at radius 2 is 2.16 bits per heavy atom. The first-order valence-corrected chi connectivity index (χ1v) is 7.22. The van der Waals surface area contributed by atoms with Gasteiger partial charge in [-0.25, -0.2) is 8.42 Å². The number of nitrogens with one attached hydrogen (secondary N) is 1. The number of nitrogens with zero attached hydrogens (tertiary/aromatic N) is 2. The van der Waals surface area contributed by atoms with Crippen molar-refractivity contribution in [3.63, 3.8) is 0 Å². The smallest absolute Gasteiger partial charge is 0.265 e. The molecule has 0 bridgehead atoms. The van der Waals surface area contributed by atoms with E-state index in [1.807, 2.05) is 13.0 Å². The second kappa shape index (κ2) is 5.02. The first kappa shape index (κ1) is 13.6. The number of aromatic nitrogens is 2. The van der Waals surface area contributed by atoms with Gasteiger partial charge in [-0.15, -0.1) is 0 Å². The first-order chi connectivity index (χ1) is 8.94. The normalized spacial score (nSPS) is 11.5. The van der Waals surface area contributed by atoms with E-state index in [4.69, 9.17) is 5.73 Å². The Balaban J connectivity index is 2.38. The third-order valence-electron chi connectivity index (χ3n) is 2.85. The lowest BCUT2D eigenvalue weighted by atomic mass is 10.1. The minimum absolute atomic E-state index is 0.125. The van der Waals surface area contributed by atoms with Crippen LogP contribution in [0.4, 0.5) is 5.69 Å². The lowest BCUT2D eigenvalue weighted by Crippen LogP contribution is -2.15. The van der Waals surface area contributed by atoms with Crippen molar-refractivity contribution < 1.29 is 8.42 Å². The number of benzene rings is 1. The molecule has 0 radical (unpaired) electrons. The lowest BCUT2D eigenvalue weighted by molar-refractivity contribution is 0.601. The highest BCUT2D eigenvalue weighted by atomic mass is 32.2. The topological polar surface area (TPSA) is 90.0 Å². The van der Waals surface area contributed by atoms with Gasteiger partial charge in [0.25, 0.3) is 10.0 Å². The van der Waals surface area contributed by atoms with Gasteiger partial charge in [-0.1, -0.05) is 12.1 Å². The van der Waals surface area contributed by atoms with E-state index >= 15 is 0 Å². The second-order valence-corrected chi connectivity index (χ2v) is 5.94. The molecule has 1 aromatic heterocycles. The van der Waals surface area contributed by atoms with E-state index in [2.05, 4.69) is 9.82 Å². The van der Waals surface area contributed by atoms with Gasteiger partial charge in [0.05, 0.1) is 11.9 Å². The van der Waals surface area contributed by atoms with Crippen LogP contribution in [-0.4, -0.2) is 18.2 Å². The lowest BCUT2D eigenvalue weighted by Gasteiger charge is -2.12. The van der Waals surface area contributed by atoms with Crippen molar-refractivity contribution >= 4 is 15.7 Å². The largest absolute Gasteiger partial charge is 0.326 e. The van der Waals surface area contributed by atoms with Gasteiger partial charge in [-0.05, 0) is 24.1 Å². The maximum absolute atomic E-state index is 12.2. The van der Waals surface area contributed by atoms with Gasteiger partial charge in [0, 0.05) is 19.8 Å². The average molecular weight is 280 g/mol. The predicted octanol–water partition coefficient (Wildman–Crippen LogP) is 0.988. The van der Waals surface area contributed by atoms with Crippen LogP contribution in [0.3, 0.4) is 0 Å².